The first kappa shape index (κ1) is 20.4. The number of rotatable bonds is 7. The lowest BCUT2D eigenvalue weighted by Gasteiger charge is -2.14. The van der Waals surface area contributed by atoms with Crippen LogP contribution in [-0.2, 0) is 13.0 Å². The number of aliphatic imine (C=N–C) groups is 1. The van der Waals surface area contributed by atoms with Crippen LogP contribution in [0, 0.1) is 0 Å². The van der Waals surface area contributed by atoms with Crippen molar-refractivity contribution in [3.63, 3.8) is 0 Å². The van der Waals surface area contributed by atoms with E-state index in [-0.39, 0.29) is 0 Å². The average molecular weight is 459 g/mol. The SMILES string of the molecule is CCc1ccc(N=Cc2cc(Br)c(OCc3ccccc3Cl)c(OC)c2)cc1. The molecule has 0 unspecified atom stereocenters. The number of nitrogens with zero attached hydrogens (tertiary/aromatic N) is 1. The second-order valence-electron chi connectivity index (χ2n) is 6.19. The molecule has 0 amide bonds. The van der Waals surface area contributed by atoms with Crippen molar-refractivity contribution in [3.8, 4) is 11.5 Å². The molecule has 0 fully saturated rings. The number of hydrogen-bond acceptors (Lipinski definition) is 3. The zero-order chi connectivity index (χ0) is 19.9. The lowest BCUT2D eigenvalue weighted by atomic mass is 10.1. The second kappa shape index (κ2) is 9.76. The third-order valence-corrected chi connectivity index (χ3v) is 5.25. The van der Waals surface area contributed by atoms with Gasteiger partial charge in [0, 0.05) is 16.8 Å². The smallest absolute Gasteiger partial charge is 0.175 e. The molecule has 0 aromatic heterocycles. The van der Waals surface area contributed by atoms with Crippen molar-refractivity contribution in [2.24, 2.45) is 4.99 Å². The van der Waals surface area contributed by atoms with Gasteiger partial charge in [-0.25, -0.2) is 0 Å². The molecule has 3 aromatic carbocycles. The predicted octanol–water partition coefficient (Wildman–Crippen LogP) is 7.00. The number of methoxy groups -OCH3 is 1. The summed E-state index contributed by atoms with van der Waals surface area (Å²) in [7, 11) is 1.62. The highest BCUT2D eigenvalue weighted by molar-refractivity contribution is 9.10. The molecule has 5 heteroatoms. The minimum Gasteiger partial charge on any atom is -0.493 e. The Morgan fingerprint density at radius 2 is 1.82 bits per heavy atom. The number of aryl methyl sites for hydroxylation is 1. The third-order valence-electron chi connectivity index (χ3n) is 4.29. The van der Waals surface area contributed by atoms with Crippen molar-refractivity contribution in [2.75, 3.05) is 7.11 Å². The first-order chi connectivity index (χ1) is 13.6. The van der Waals surface area contributed by atoms with Crippen LogP contribution in [0.15, 0.2) is 70.1 Å². The number of halogens is 2. The molecule has 144 valence electrons. The van der Waals surface area contributed by atoms with Crippen LogP contribution in [-0.4, -0.2) is 13.3 Å². The molecule has 28 heavy (non-hydrogen) atoms. The van der Waals surface area contributed by atoms with E-state index in [9.17, 15) is 0 Å². The summed E-state index contributed by atoms with van der Waals surface area (Å²) in [6.45, 7) is 2.49. The molecule has 0 saturated heterocycles. The summed E-state index contributed by atoms with van der Waals surface area (Å²) in [4.78, 5) is 4.54. The van der Waals surface area contributed by atoms with E-state index in [1.54, 1.807) is 7.11 Å². The largest absolute Gasteiger partial charge is 0.493 e. The molecular weight excluding hydrogens is 438 g/mol. The Kier molecular flexibility index (Phi) is 7.12. The summed E-state index contributed by atoms with van der Waals surface area (Å²) in [6.07, 6.45) is 2.83. The number of ether oxygens (including phenoxy) is 2. The van der Waals surface area contributed by atoms with Gasteiger partial charge >= 0.3 is 0 Å². The number of hydrogen-bond donors (Lipinski definition) is 0. The lowest BCUT2D eigenvalue weighted by molar-refractivity contribution is 0.282. The molecule has 0 radical (unpaired) electrons. The molecule has 0 aliphatic carbocycles. The molecule has 0 heterocycles. The molecule has 0 atom stereocenters. The Balaban J connectivity index is 1.78. The van der Waals surface area contributed by atoms with Crippen LogP contribution in [0.4, 0.5) is 5.69 Å². The van der Waals surface area contributed by atoms with E-state index < -0.39 is 0 Å². The normalized spacial score (nSPS) is 11.0. The lowest BCUT2D eigenvalue weighted by Crippen LogP contribution is -2.00. The summed E-state index contributed by atoms with van der Waals surface area (Å²) in [5, 5.41) is 0.676. The van der Waals surface area contributed by atoms with Crippen molar-refractivity contribution >= 4 is 39.4 Å². The summed E-state index contributed by atoms with van der Waals surface area (Å²) in [6, 6.07) is 19.7. The van der Waals surface area contributed by atoms with Crippen LogP contribution in [0.5, 0.6) is 11.5 Å². The molecule has 0 spiro atoms. The summed E-state index contributed by atoms with van der Waals surface area (Å²) < 4.78 is 12.3. The molecule has 0 saturated carbocycles. The van der Waals surface area contributed by atoms with Gasteiger partial charge in [-0.05, 0) is 63.8 Å². The monoisotopic (exact) mass is 457 g/mol. The van der Waals surface area contributed by atoms with Crippen LogP contribution in [0.3, 0.4) is 0 Å². The van der Waals surface area contributed by atoms with E-state index in [0.29, 0.717) is 23.1 Å². The maximum Gasteiger partial charge on any atom is 0.175 e. The van der Waals surface area contributed by atoms with E-state index in [2.05, 4.69) is 40.0 Å². The maximum absolute atomic E-state index is 6.21. The van der Waals surface area contributed by atoms with Crippen molar-refractivity contribution in [1.29, 1.82) is 0 Å². The number of benzene rings is 3. The molecule has 3 rings (SSSR count). The van der Waals surface area contributed by atoms with Crippen LogP contribution >= 0.6 is 27.5 Å². The quantitative estimate of drug-likeness (QED) is 0.357. The Labute approximate surface area is 179 Å². The van der Waals surface area contributed by atoms with E-state index in [4.69, 9.17) is 21.1 Å². The van der Waals surface area contributed by atoms with Crippen molar-refractivity contribution in [1.82, 2.24) is 0 Å². The third kappa shape index (κ3) is 5.15. The van der Waals surface area contributed by atoms with Crippen LogP contribution in [0.2, 0.25) is 5.02 Å². The average Bonchev–Trinajstić information content (AvgIpc) is 2.72. The fraction of sp³-hybridized carbons (Fsp3) is 0.174. The van der Waals surface area contributed by atoms with Gasteiger partial charge in [0.15, 0.2) is 11.5 Å². The minimum absolute atomic E-state index is 0.353. The highest BCUT2D eigenvalue weighted by Gasteiger charge is 2.12. The van der Waals surface area contributed by atoms with Gasteiger partial charge in [-0.2, -0.15) is 0 Å². The fourth-order valence-electron chi connectivity index (χ4n) is 2.69. The van der Waals surface area contributed by atoms with E-state index >= 15 is 0 Å². The first-order valence-electron chi connectivity index (χ1n) is 8.97. The Morgan fingerprint density at radius 3 is 2.50 bits per heavy atom. The summed E-state index contributed by atoms with van der Waals surface area (Å²) in [5.74, 6) is 1.26. The molecule has 0 bridgehead atoms. The van der Waals surface area contributed by atoms with E-state index in [0.717, 1.165) is 27.7 Å². The molecule has 0 aliphatic rings. The highest BCUT2D eigenvalue weighted by atomic mass is 79.9. The van der Waals surface area contributed by atoms with Gasteiger partial charge < -0.3 is 9.47 Å². The Hall–Kier alpha value is -2.30. The molecule has 3 aromatic rings. The van der Waals surface area contributed by atoms with Gasteiger partial charge in [-0.1, -0.05) is 48.9 Å². The fourth-order valence-corrected chi connectivity index (χ4v) is 3.45. The van der Waals surface area contributed by atoms with Gasteiger partial charge in [0.25, 0.3) is 0 Å². The Bertz CT molecular complexity index is 971. The summed E-state index contributed by atoms with van der Waals surface area (Å²) in [5.41, 5.74) is 4.03. The topological polar surface area (TPSA) is 30.8 Å². The van der Waals surface area contributed by atoms with E-state index in [1.165, 1.54) is 5.56 Å². The molecule has 0 N–H and O–H groups in total. The zero-order valence-electron chi connectivity index (χ0n) is 15.8. The highest BCUT2D eigenvalue weighted by Crippen LogP contribution is 2.37. The van der Waals surface area contributed by atoms with Gasteiger partial charge in [-0.3, -0.25) is 4.99 Å². The van der Waals surface area contributed by atoms with Crippen LogP contribution in [0.1, 0.15) is 23.6 Å². The molecular formula is C23H21BrClNO2. The van der Waals surface area contributed by atoms with Gasteiger partial charge in [0.1, 0.15) is 6.61 Å². The van der Waals surface area contributed by atoms with Crippen molar-refractivity contribution < 1.29 is 9.47 Å². The second-order valence-corrected chi connectivity index (χ2v) is 7.45. The van der Waals surface area contributed by atoms with Crippen molar-refractivity contribution in [3.05, 3.63) is 86.8 Å². The van der Waals surface area contributed by atoms with Crippen molar-refractivity contribution in [2.45, 2.75) is 20.0 Å². The van der Waals surface area contributed by atoms with Gasteiger partial charge in [0.2, 0.25) is 0 Å². The van der Waals surface area contributed by atoms with Crippen LogP contribution < -0.4 is 9.47 Å². The van der Waals surface area contributed by atoms with Gasteiger partial charge in [0.05, 0.1) is 17.3 Å². The van der Waals surface area contributed by atoms with E-state index in [1.807, 2.05) is 54.7 Å². The maximum atomic E-state index is 6.21. The minimum atomic E-state index is 0.353. The van der Waals surface area contributed by atoms with Gasteiger partial charge in [-0.15, -0.1) is 0 Å². The molecule has 0 aliphatic heterocycles. The Morgan fingerprint density at radius 1 is 1.07 bits per heavy atom. The predicted molar refractivity (Wildman–Crippen MR) is 120 cm³/mol. The standard InChI is InChI=1S/C23H21BrClNO2/c1-3-16-8-10-19(11-9-16)26-14-17-12-20(24)23(22(13-17)27-2)28-15-18-6-4-5-7-21(18)25/h4-14H,3,15H2,1-2H3. The first-order valence-corrected chi connectivity index (χ1v) is 10.1. The van der Waals surface area contributed by atoms with Crippen LogP contribution in [0.25, 0.3) is 0 Å². The zero-order valence-corrected chi connectivity index (χ0v) is 18.1. The summed E-state index contributed by atoms with van der Waals surface area (Å²) >= 11 is 9.78. The molecule has 3 nitrogen and oxygen atoms in total.